The first-order valence-corrected chi connectivity index (χ1v) is 7.95. The Hall–Kier alpha value is -2.97. The number of hydrogen-bond acceptors (Lipinski definition) is 3. The van der Waals surface area contributed by atoms with Gasteiger partial charge in [-0.25, -0.2) is 4.79 Å². The average Bonchev–Trinajstić information content (AvgIpc) is 3.29. The van der Waals surface area contributed by atoms with Crippen molar-refractivity contribution in [1.29, 1.82) is 0 Å². The molecule has 0 aliphatic carbocycles. The van der Waals surface area contributed by atoms with Crippen molar-refractivity contribution in [3.8, 4) is 0 Å². The predicted molar refractivity (Wildman–Crippen MR) is 87.9 cm³/mol. The van der Waals surface area contributed by atoms with E-state index < -0.39 is 23.7 Å². The molecule has 0 bridgehead atoms. The van der Waals surface area contributed by atoms with Crippen LogP contribution in [0.4, 0.5) is 29.3 Å². The zero-order valence-corrected chi connectivity index (χ0v) is 13.6. The van der Waals surface area contributed by atoms with Crippen molar-refractivity contribution in [3.63, 3.8) is 0 Å². The fourth-order valence-electron chi connectivity index (χ4n) is 2.68. The average molecular weight is 367 g/mol. The van der Waals surface area contributed by atoms with Gasteiger partial charge in [0.05, 0.1) is 23.1 Å². The summed E-state index contributed by atoms with van der Waals surface area (Å²) >= 11 is 0. The Balaban J connectivity index is 1.81. The van der Waals surface area contributed by atoms with Crippen LogP contribution >= 0.6 is 0 Å². The van der Waals surface area contributed by atoms with Gasteiger partial charge in [-0.15, -0.1) is 0 Å². The van der Waals surface area contributed by atoms with Crippen LogP contribution in [0.1, 0.15) is 28.8 Å². The number of likely N-dealkylation sites (tertiary alicyclic amines) is 1. The van der Waals surface area contributed by atoms with E-state index in [0.717, 1.165) is 25.0 Å². The molecule has 3 amide bonds. The van der Waals surface area contributed by atoms with Crippen molar-refractivity contribution in [2.75, 3.05) is 23.7 Å². The molecule has 26 heavy (non-hydrogen) atoms. The van der Waals surface area contributed by atoms with Crippen LogP contribution in [0.5, 0.6) is 0 Å². The molecule has 2 N–H and O–H groups in total. The number of carbonyl (C=O) groups is 2. The van der Waals surface area contributed by atoms with Crippen molar-refractivity contribution in [3.05, 3.63) is 47.9 Å². The quantitative estimate of drug-likeness (QED) is 0.855. The molecule has 1 aromatic heterocycles. The molecule has 6 nitrogen and oxygen atoms in total. The summed E-state index contributed by atoms with van der Waals surface area (Å²) in [7, 11) is 0. The van der Waals surface area contributed by atoms with Crippen molar-refractivity contribution in [1.82, 2.24) is 4.90 Å². The standard InChI is InChI=1S/C17H16F3N3O3/c18-17(19,20)13-9-12(21-15(24)11-5-8-26-10-11)3-4-14(13)22-16(25)23-6-1-2-7-23/h3-5,8-10H,1-2,6-7H2,(H,21,24)(H,22,25). The van der Waals surface area contributed by atoms with Crippen LogP contribution in [-0.4, -0.2) is 29.9 Å². The van der Waals surface area contributed by atoms with Gasteiger partial charge in [0.1, 0.15) is 6.26 Å². The lowest BCUT2D eigenvalue weighted by atomic mass is 10.1. The maximum absolute atomic E-state index is 13.4. The summed E-state index contributed by atoms with van der Waals surface area (Å²) in [5.74, 6) is -0.597. The van der Waals surface area contributed by atoms with Gasteiger partial charge in [-0.3, -0.25) is 4.79 Å². The molecule has 3 rings (SSSR count). The molecule has 0 radical (unpaired) electrons. The van der Waals surface area contributed by atoms with E-state index >= 15 is 0 Å². The Morgan fingerprint density at radius 3 is 2.42 bits per heavy atom. The van der Waals surface area contributed by atoms with Gasteiger partial charge in [0.15, 0.2) is 0 Å². The number of nitrogens with zero attached hydrogens (tertiary/aromatic N) is 1. The molecular weight excluding hydrogens is 351 g/mol. The molecule has 0 spiro atoms. The third kappa shape index (κ3) is 3.98. The number of alkyl halides is 3. The molecule has 138 valence electrons. The van der Waals surface area contributed by atoms with Crippen LogP contribution in [0.15, 0.2) is 41.2 Å². The van der Waals surface area contributed by atoms with E-state index in [9.17, 15) is 22.8 Å². The molecule has 2 aromatic rings. The normalized spacial score (nSPS) is 14.3. The van der Waals surface area contributed by atoms with E-state index in [1.54, 1.807) is 0 Å². The fraction of sp³-hybridized carbons (Fsp3) is 0.294. The lowest BCUT2D eigenvalue weighted by Crippen LogP contribution is -2.32. The van der Waals surface area contributed by atoms with E-state index in [4.69, 9.17) is 4.42 Å². The van der Waals surface area contributed by atoms with Gasteiger partial charge >= 0.3 is 12.2 Å². The monoisotopic (exact) mass is 367 g/mol. The second-order valence-electron chi connectivity index (χ2n) is 5.85. The minimum Gasteiger partial charge on any atom is -0.472 e. The molecule has 1 saturated heterocycles. The van der Waals surface area contributed by atoms with Crippen LogP contribution in [0.25, 0.3) is 0 Å². The first-order chi connectivity index (χ1) is 12.3. The zero-order chi connectivity index (χ0) is 18.7. The Kier molecular flexibility index (Phi) is 4.88. The first kappa shape index (κ1) is 17.8. The number of hydrogen-bond donors (Lipinski definition) is 2. The van der Waals surface area contributed by atoms with E-state index in [-0.39, 0.29) is 16.9 Å². The smallest absolute Gasteiger partial charge is 0.418 e. The maximum Gasteiger partial charge on any atom is 0.418 e. The number of carbonyl (C=O) groups excluding carboxylic acids is 2. The number of amides is 3. The number of nitrogens with one attached hydrogen (secondary N) is 2. The Labute approximate surface area is 147 Å². The van der Waals surface area contributed by atoms with Gasteiger partial charge in [0.25, 0.3) is 5.91 Å². The number of rotatable bonds is 3. The van der Waals surface area contributed by atoms with Crippen molar-refractivity contribution in [2.45, 2.75) is 19.0 Å². The SMILES string of the molecule is O=C(Nc1ccc(NC(=O)N2CCCC2)c(C(F)(F)F)c1)c1ccoc1. The van der Waals surface area contributed by atoms with Crippen LogP contribution < -0.4 is 10.6 Å². The number of benzene rings is 1. The van der Waals surface area contributed by atoms with Crippen molar-refractivity contribution < 1.29 is 27.2 Å². The molecule has 0 unspecified atom stereocenters. The Bertz CT molecular complexity index is 797. The topological polar surface area (TPSA) is 74.6 Å². The molecule has 9 heteroatoms. The molecule has 1 aliphatic heterocycles. The van der Waals surface area contributed by atoms with E-state index in [2.05, 4.69) is 10.6 Å². The summed E-state index contributed by atoms with van der Waals surface area (Å²) in [5, 5.41) is 4.68. The number of urea groups is 1. The highest BCUT2D eigenvalue weighted by atomic mass is 19.4. The van der Waals surface area contributed by atoms with E-state index in [0.29, 0.717) is 13.1 Å². The summed E-state index contributed by atoms with van der Waals surface area (Å²) in [5.41, 5.74) is -1.24. The van der Waals surface area contributed by atoms with Gasteiger partial charge < -0.3 is 20.0 Å². The van der Waals surface area contributed by atoms with Gasteiger partial charge in [-0.2, -0.15) is 13.2 Å². The zero-order valence-electron chi connectivity index (χ0n) is 13.6. The minimum atomic E-state index is -4.69. The Morgan fingerprint density at radius 2 is 1.81 bits per heavy atom. The third-order valence-electron chi connectivity index (χ3n) is 4.00. The highest BCUT2D eigenvalue weighted by Gasteiger charge is 2.35. The lowest BCUT2D eigenvalue weighted by Gasteiger charge is -2.19. The second-order valence-corrected chi connectivity index (χ2v) is 5.85. The van der Waals surface area contributed by atoms with Gasteiger partial charge in [0, 0.05) is 18.8 Å². The molecule has 0 saturated carbocycles. The molecule has 1 aliphatic rings. The molecule has 1 aromatic carbocycles. The van der Waals surface area contributed by atoms with Crippen LogP contribution in [0, 0.1) is 0 Å². The Morgan fingerprint density at radius 1 is 1.08 bits per heavy atom. The molecule has 2 heterocycles. The maximum atomic E-state index is 13.4. The van der Waals surface area contributed by atoms with Crippen LogP contribution in [-0.2, 0) is 6.18 Å². The highest BCUT2D eigenvalue weighted by Crippen LogP contribution is 2.37. The van der Waals surface area contributed by atoms with Gasteiger partial charge in [-0.05, 0) is 37.1 Å². The van der Waals surface area contributed by atoms with E-state index in [1.165, 1.54) is 29.6 Å². The summed E-state index contributed by atoms with van der Waals surface area (Å²) < 4.78 is 44.9. The predicted octanol–water partition coefficient (Wildman–Crippen LogP) is 4.18. The lowest BCUT2D eigenvalue weighted by molar-refractivity contribution is -0.136. The highest BCUT2D eigenvalue weighted by molar-refractivity contribution is 6.04. The van der Waals surface area contributed by atoms with Crippen molar-refractivity contribution >= 4 is 23.3 Å². The molecule has 1 fully saturated rings. The number of halogens is 3. The summed E-state index contributed by atoms with van der Waals surface area (Å²) in [6.07, 6.45) is -0.557. The summed E-state index contributed by atoms with van der Waals surface area (Å²) in [6.45, 7) is 1.04. The van der Waals surface area contributed by atoms with E-state index in [1.807, 2.05) is 0 Å². The van der Waals surface area contributed by atoms with Gasteiger partial charge in [-0.1, -0.05) is 0 Å². The van der Waals surface area contributed by atoms with Crippen molar-refractivity contribution in [2.24, 2.45) is 0 Å². The molecular formula is C17H16F3N3O3. The first-order valence-electron chi connectivity index (χ1n) is 7.95. The number of anilines is 2. The second kappa shape index (κ2) is 7.11. The molecule has 0 atom stereocenters. The summed E-state index contributed by atoms with van der Waals surface area (Å²) in [4.78, 5) is 25.5. The number of furan rings is 1. The minimum absolute atomic E-state index is 0.0392. The third-order valence-corrected chi connectivity index (χ3v) is 4.00. The largest absolute Gasteiger partial charge is 0.472 e. The summed E-state index contributed by atoms with van der Waals surface area (Å²) in [6, 6.07) is 4.04. The fourth-order valence-corrected chi connectivity index (χ4v) is 2.68. The van der Waals surface area contributed by atoms with Gasteiger partial charge in [0.2, 0.25) is 0 Å². The van der Waals surface area contributed by atoms with Crippen LogP contribution in [0.3, 0.4) is 0 Å². The van der Waals surface area contributed by atoms with Crippen LogP contribution in [0.2, 0.25) is 0 Å².